The topological polar surface area (TPSA) is 20.2 Å². The molecule has 1 aromatic rings. The van der Waals surface area contributed by atoms with Crippen LogP contribution in [0.2, 0.25) is 0 Å². The Morgan fingerprint density at radius 1 is 1.27 bits per heavy atom. The fourth-order valence-electron chi connectivity index (χ4n) is 1.28. The Balaban J connectivity index is 2.58. The van der Waals surface area contributed by atoms with Gasteiger partial charge in [-0.25, -0.2) is 0 Å². The molecule has 0 saturated carbocycles. The van der Waals surface area contributed by atoms with E-state index in [2.05, 4.69) is 6.08 Å². The van der Waals surface area contributed by atoms with Crippen molar-refractivity contribution in [2.45, 2.75) is 11.8 Å². The van der Waals surface area contributed by atoms with Crippen LogP contribution in [0.4, 0.5) is 0 Å². The second-order valence-electron chi connectivity index (χ2n) is 2.66. The molecule has 0 aromatic heterocycles. The van der Waals surface area contributed by atoms with Crippen molar-refractivity contribution in [3.05, 3.63) is 34.7 Å². The predicted octanol–water partition coefficient (Wildman–Crippen LogP) is 2.89. The van der Waals surface area contributed by atoms with Gasteiger partial charge in [-0.1, -0.05) is 29.4 Å². The largest absolute Gasteiger partial charge is 0.346 e. The minimum absolute atomic E-state index is 0.981. The summed E-state index contributed by atoms with van der Waals surface area (Å²) in [6, 6.07) is 8.00. The Bertz CT molecular complexity index is 317. The molecule has 1 aliphatic heterocycles. The minimum atomic E-state index is -0.981. The van der Waals surface area contributed by atoms with E-state index in [9.17, 15) is 4.55 Å². The Hall–Kier alpha value is -0.730. The molecule has 0 fully saturated rings. The maximum Gasteiger partial charge on any atom is 0.0210 e. The second-order valence-corrected chi connectivity index (χ2v) is 4.47. The summed E-state index contributed by atoms with van der Waals surface area (Å²) in [4.78, 5) is 2.20. The van der Waals surface area contributed by atoms with Crippen LogP contribution >= 0.6 is 11.2 Å². The standard InChI is InChI=1S/C9H10OS/c1-7-6-8-4-2-3-5-9(8)11(7)10/h2-6,10-11H,1H3. The highest BCUT2D eigenvalue weighted by molar-refractivity contribution is 8.16. The summed E-state index contributed by atoms with van der Waals surface area (Å²) < 4.78 is 9.65. The van der Waals surface area contributed by atoms with Crippen molar-refractivity contribution >= 4 is 17.3 Å². The van der Waals surface area contributed by atoms with Crippen molar-refractivity contribution in [1.29, 1.82) is 0 Å². The summed E-state index contributed by atoms with van der Waals surface area (Å²) in [5.74, 6) is 0. The molecular weight excluding hydrogens is 156 g/mol. The predicted molar refractivity (Wildman–Crippen MR) is 50.0 cm³/mol. The first-order chi connectivity index (χ1) is 5.29. The SMILES string of the molecule is CC1=Cc2ccccc2[SH]1O. The Morgan fingerprint density at radius 2 is 2.00 bits per heavy atom. The van der Waals surface area contributed by atoms with Crippen molar-refractivity contribution in [3.63, 3.8) is 0 Å². The van der Waals surface area contributed by atoms with Crippen LogP contribution in [-0.2, 0) is 0 Å². The summed E-state index contributed by atoms with van der Waals surface area (Å²) in [6.45, 7) is 1.98. The average Bonchev–Trinajstić information content (AvgIpc) is 2.30. The number of fused-ring (bicyclic) bond motifs is 1. The molecular formula is C9H10OS. The molecule has 1 heterocycles. The molecule has 1 aliphatic rings. The fourth-order valence-corrected chi connectivity index (χ4v) is 2.53. The molecule has 0 bridgehead atoms. The van der Waals surface area contributed by atoms with Crippen molar-refractivity contribution in [1.82, 2.24) is 0 Å². The maximum absolute atomic E-state index is 9.65. The molecule has 58 valence electrons. The number of allylic oxidation sites excluding steroid dienone is 1. The molecule has 2 rings (SSSR count). The molecule has 1 aromatic carbocycles. The highest BCUT2D eigenvalue weighted by Crippen LogP contribution is 2.48. The molecule has 1 N–H and O–H groups in total. The van der Waals surface area contributed by atoms with Crippen LogP contribution in [-0.4, -0.2) is 4.55 Å². The van der Waals surface area contributed by atoms with Gasteiger partial charge < -0.3 is 4.55 Å². The van der Waals surface area contributed by atoms with E-state index in [4.69, 9.17) is 0 Å². The third-order valence-electron chi connectivity index (χ3n) is 1.86. The summed E-state index contributed by atoms with van der Waals surface area (Å²) in [7, 11) is 0. The highest BCUT2D eigenvalue weighted by Gasteiger charge is 2.14. The molecule has 0 radical (unpaired) electrons. The number of benzene rings is 1. The van der Waals surface area contributed by atoms with E-state index < -0.39 is 11.2 Å². The molecule has 1 nitrogen and oxygen atoms in total. The van der Waals surface area contributed by atoms with Gasteiger partial charge in [0.25, 0.3) is 0 Å². The lowest BCUT2D eigenvalue weighted by atomic mass is 10.2. The van der Waals surface area contributed by atoms with E-state index >= 15 is 0 Å². The first kappa shape index (κ1) is 6.95. The van der Waals surface area contributed by atoms with Gasteiger partial charge in [-0.15, -0.1) is 0 Å². The van der Waals surface area contributed by atoms with Crippen LogP contribution in [0.25, 0.3) is 6.08 Å². The smallest absolute Gasteiger partial charge is 0.0210 e. The van der Waals surface area contributed by atoms with Gasteiger partial charge in [-0.2, -0.15) is 0 Å². The first-order valence-corrected chi connectivity index (χ1v) is 4.85. The monoisotopic (exact) mass is 166 g/mol. The zero-order valence-electron chi connectivity index (χ0n) is 6.28. The molecule has 2 heteroatoms. The Kier molecular flexibility index (Phi) is 1.51. The third kappa shape index (κ3) is 0.988. The van der Waals surface area contributed by atoms with Gasteiger partial charge in [0, 0.05) is 4.90 Å². The van der Waals surface area contributed by atoms with E-state index in [1.54, 1.807) is 0 Å². The van der Waals surface area contributed by atoms with Crippen LogP contribution in [0.15, 0.2) is 34.1 Å². The quantitative estimate of drug-likeness (QED) is 0.568. The zero-order chi connectivity index (χ0) is 7.84. The van der Waals surface area contributed by atoms with Gasteiger partial charge in [0.1, 0.15) is 0 Å². The van der Waals surface area contributed by atoms with E-state index in [-0.39, 0.29) is 0 Å². The van der Waals surface area contributed by atoms with Crippen LogP contribution in [0, 0.1) is 0 Å². The number of hydrogen-bond donors (Lipinski definition) is 2. The third-order valence-corrected chi connectivity index (χ3v) is 3.52. The molecule has 0 aliphatic carbocycles. The van der Waals surface area contributed by atoms with E-state index in [0.29, 0.717) is 0 Å². The average molecular weight is 166 g/mol. The lowest BCUT2D eigenvalue weighted by molar-refractivity contribution is 0.652. The zero-order valence-corrected chi connectivity index (χ0v) is 7.18. The molecule has 1 atom stereocenters. The Morgan fingerprint density at radius 3 is 2.73 bits per heavy atom. The van der Waals surface area contributed by atoms with Crippen LogP contribution in [0.1, 0.15) is 12.5 Å². The van der Waals surface area contributed by atoms with Crippen molar-refractivity contribution < 1.29 is 4.55 Å². The van der Waals surface area contributed by atoms with Crippen LogP contribution in [0.5, 0.6) is 0 Å². The molecule has 11 heavy (non-hydrogen) atoms. The van der Waals surface area contributed by atoms with Crippen LogP contribution in [0.3, 0.4) is 0 Å². The van der Waals surface area contributed by atoms with Crippen LogP contribution < -0.4 is 0 Å². The van der Waals surface area contributed by atoms with Gasteiger partial charge in [0.05, 0.1) is 0 Å². The maximum atomic E-state index is 9.65. The molecule has 0 saturated heterocycles. The van der Waals surface area contributed by atoms with Gasteiger partial charge in [-0.3, -0.25) is 0 Å². The van der Waals surface area contributed by atoms with E-state index in [1.165, 1.54) is 5.56 Å². The number of hydrogen-bond acceptors (Lipinski definition) is 1. The lowest BCUT2D eigenvalue weighted by Gasteiger charge is -2.09. The number of rotatable bonds is 0. The van der Waals surface area contributed by atoms with Gasteiger partial charge >= 0.3 is 0 Å². The highest BCUT2D eigenvalue weighted by atomic mass is 32.2. The van der Waals surface area contributed by atoms with Gasteiger partial charge in [0.2, 0.25) is 0 Å². The number of thiol groups is 1. The summed E-state index contributed by atoms with van der Waals surface area (Å²) in [5.41, 5.74) is 1.18. The second kappa shape index (κ2) is 2.40. The summed E-state index contributed by atoms with van der Waals surface area (Å²) in [5, 5.41) is 0. The van der Waals surface area contributed by atoms with Crippen molar-refractivity contribution in [2.24, 2.45) is 0 Å². The minimum Gasteiger partial charge on any atom is -0.346 e. The lowest BCUT2D eigenvalue weighted by Crippen LogP contribution is -1.77. The van der Waals surface area contributed by atoms with Crippen molar-refractivity contribution in [2.75, 3.05) is 0 Å². The van der Waals surface area contributed by atoms with E-state index in [1.807, 2.05) is 31.2 Å². The van der Waals surface area contributed by atoms with Crippen molar-refractivity contribution in [3.8, 4) is 0 Å². The molecule has 0 amide bonds. The fraction of sp³-hybridized carbons (Fsp3) is 0.111. The Labute approximate surface area is 68.9 Å². The molecule has 0 spiro atoms. The van der Waals surface area contributed by atoms with Gasteiger partial charge in [-0.05, 0) is 29.5 Å². The summed E-state index contributed by atoms with van der Waals surface area (Å²) >= 11 is -0.981. The molecule has 1 unspecified atom stereocenters. The van der Waals surface area contributed by atoms with E-state index in [0.717, 1.165) is 9.80 Å². The van der Waals surface area contributed by atoms with Gasteiger partial charge in [0.15, 0.2) is 0 Å². The normalized spacial score (nSPS) is 24.5. The summed E-state index contributed by atoms with van der Waals surface area (Å²) in [6.07, 6.45) is 2.06. The first-order valence-electron chi connectivity index (χ1n) is 3.55.